The van der Waals surface area contributed by atoms with E-state index in [4.69, 9.17) is 0 Å². The zero-order valence-corrected chi connectivity index (χ0v) is 11.2. The SMILES string of the molecule is CCn1nc(C)cc1C(Cc1ccncc1)NC. The van der Waals surface area contributed by atoms with Crippen LogP contribution in [0.25, 0.3) is 0 Å². The van der Waals surface area contributed by atoms with Crippen molar-refractivity contribution in [3.63, 3.8) is 0 Å². The first kappa shape index (κ1) is 12.8. The highest BCUT2D eigenvalue weighted by molar-refractivity contribution is 5.19. The molecular weight excluding hydrogens is 224 g/mol. The first-order valence-corrected chi connectivity index (χ1v) is 6.35. The molecule has 0 fully saturated rings. The van der Waals surface area contributed by atoms with Crippen LogP contribution in [-0.4, -0.2) is 21.8 Å². The third-order valence-electron chi connectivity index (χ3n) is 3.13. The van der Waals surface area contributed by atoms with E-state index in [0.717, 1.165) is 18.7 Å². The van der Waals surface area contributed by atoms with Crippen LogP contribution in [-0.2, 0) is 13.0 Å². The third kappa shape index (κ3) is 2.76. The van der Waals surface area contributed by atoms with Crippen molar-refractivity contribution < 1.29 is 0 Å². The lowest BCUT2D eigenvalue weighted by atomic mass is 10.0. The van der Waals surface area contributed by atoms with Crippen LogP contribution in [0.4, 0.5) is 0 Å². The van der Waals surface area contributed by atoms with Crippen LogP contribution < -0.4 is 5.32 Å². The van der Waals surface area contributed by atoms with Crippen LogP contribution >= 0.6 is 0 Å². The molecule has 0 saturated heterocycles. The molecule has 1 unspecified atom stereocenters. The minimum atomic E-state index is 0.286. The van der Waals surface area contributed by atoms with Crippen molar-refractivity contribution >= 4 is 0 Å². The Morgan fingerprint density at radius 1 is 1.33 bits per heavy atom. The summed E-state index contributed by atoms with van der Waals surface area (Å²) in [6, 6.07) is 6.56. The predicted octanol–water partition coefficient (Wildman–Crippen LogP) is 2.11. The number of aryl methyl sites for hydroxylation is 2. The van der Waals surface area contributed by atoms with Gasteiger partial charge >= 0.3 is 0 Å². The van der Waals surface area contributed by atoms with Crippen LogP contribution in [0, 0.1) is 6.92 Å². The smallest absolute Gasteiger partial charge is 0.0597 e. The summed E-state index contributed by atoms with van der Waals surface area (Å²) in [5.74, 6) is 0. The highest BCUT2D eigenvalue weighted by atomic mass is 15.3. The molecule has 18 heavy (non-hydrogen) atoms. The van der Waals surface area contributed by atoms with Gasteiger partial charge in [0.15, 0.2) is 0 Å². The summed E-state index contributed by atoms with van der Waals surface area (Å²) in [7, 11) is 1.99. The molecule has 2 heterocycles. The Labute approximate surface area is 108 Å². The molecular formula is C14H20N4. The van der Waals surface area contributed by atoms with Gasteiger partial charge in [0, 0.05) is 18.9 Å². The van der Waals surface area contributed by atoms with Crippen LogP contribution in [0.1, 0.15) is 29.9 Å². The minimum Gasteiger partial charge on any atom is -0.311 e. The molecule has 0 bridgehead atoms. The van der Waals surface area contributed by atoms with Gasteiger partial charge in [-0.05, 0) is 51.1 Å². The van der Waals surface area contributed by atoms with Gasteiger partial charge in [-0.2, -0.15) is 5.10 Å². The normalized spacial score (nSPS) is 12.6. The molecule has 4 nitrogen and oxygen atoms in total. The average Bonchev–Trinajstić information content (AvgIpc) is 2.78. The maximum Gasteiger partial charge on any atom is 0.0597 e. The molecule has 0 aromatic carbocycles. The number of rotatable bonds is 5. The molecule has 0 amide bonds. The first-order chi connectivity index (χ1) is 8.74. The second-order valence-corrected chi connectivity index (χ2v) is 4.43. The molecule has 4 heteroatoms. The molecule has 1 N–H and O–H groups in total. The Hall–Kier alpha value is -1.68. The Morgan fingerprint density at radius 3 is 2.67 bits per heavy atom. The number of hydrogen-bond acceptors (Lipinski definition) is 3. The van der Waals surface area contributed by atoms with E-state index >= 15 is 0 Å². The Bertz CT molecular complexity index is 490. The molecule has 0 aliphatic carbocycles. The molecule has 0 spiro atoms. The molecule has 2 rings (SSSR count). The van der Waals surface area contributed by atoms with Crippen molar-refractivity contribution in [3.8, 4) is 0 Å². The third-order valence-corrected chi connectivity index (χ3v) is 3.13. The molecule has 0 radical (unpaired) electrons. The van der Waals surface area contributed by atoms with Gasteiger partial charge < -0.3 is 5.32 Å². The predicted molar refractivity (Wildman–Crippen MR) is 72.4 cm³/mol. The Kier molecular flexibility index (Phi) is 4.10. The number of nitrogens with one attached hydrogen (secondary N) is 1. The van der Waals surface area contributed by atoms with Gasteiger partial charge in [-0.15, -0.1) is 0 Å². The van der Waals surface area contributed by atoms with Crippen molar-refractivity contribution in [2.24, 2.45) is 0 Å². The van der Waals surface area contributed by atoms with Gasteiger partial charge in [0.1, 0.15) is 0 Å². The zero-order chi connectivity index (χ0) is 13.0. The van der Waals surface area contributed by atoms with E-state index in [-0.39, 0.29) is 6.04 Å². The lowest BCUT2D eigenvalue weighted by Gasteiger charge is -2.17. The highest BCUT2D eigenvalue weighted by Crippen LogP contribution is 2.19. The van der Waals surface area contributed by atoms with Gasteiger partial charge in [-0.1, -0.05) is 0 Å². The lowest BCUT2D eigenvalue weighted by Crippen LogP contribution is -2.22. The van der Waals surface area contributed by atoms with Crippen molar-refractivity contribution in [1.29, 1.82) is 0 Å². The fraction of sp³-hybridized carbons (Fsp3) is 0.429. The second kappa shape index (κ2) is 5.78. The molecule has 1 atom stereocenters. The summed E-state index contributed by atoms with van der Waals surface area (Å²) in [6.07, 6.45) is 4.62. The van der Waals surface area contributed by atoms with Gasteiger partial charge in [-0.25, -0.2) is 0 Å². The van der Waals surface area contributed by atoms with Crippen LogP contribution in [0.5, 0.6) is 0 Å². The maximum atomic E-state index is 4.50. The van der Waals surface area contributed by atoms with Gasteiger partial charge in [0.25, 0.3) is 0 Å². The fourth-order valence-corrected chi connectivity index (χ4v) is 2.21. The molecule has 96 valence electrons. The van der Waals surface area contributed by atoms with Crippen LogP contribution in [0.15, 0.2) is 30.6 Å². The molecule has 0 aliphatic rings. The topological polar surface area (TPSA) is 42.7 Å². The van der Waals surface area contributed by atoms with E-state index in [1.807, 2.05) is 26.4 Å². The quantitative estimate of drug-likeness (QED) is 0.876. The summed E-state index contributed by atoms with van der Waals surface area (Å²) in [5, 5.41) is 7.88. The summed E-state index contributed by atoms with van der Waals surface area (Å²) >= 11 is 0. The van der Waals surface area contributed by atoms with Crippen LogP contribution in [0.3, 0.4) is 0 Å². The number of pyridine rings is 1. The van der Waals surface area contributed by atoms with E-state index in [0.29, 0.717) is 0 Å². The van der Waals surface area contributed by atoms with E-state index in [2.05, 4.69) is 45.2 Å². The lowest BCUT2D eigenvalue weighted by molar-refractivity contribution is 0.512. The van der Waals surface area contributed by atoms with E-state index in [1.54, 1.807) is 0 Å². The summed E-state index contributed by atoms with van der Waals surface area (Å²) in [4.78, 5) is 4.05. The summed E-state index contributed by atoms with van der Waals surface area (Å²) < 4.78 is 2.07. The molecule has 2 aromatic heterocycles. The molecule has 0 aliphatic heterocycles. The summed E-state index contributed by atoms with van der Waals surface area (Å²) in [6.45, 7) is 5.06. The van der Waals surface area contributed by atoms with E-state index < -0.39 is 0 Å². The number of nitrogens with zero attached hydrogens (tertiary/aromatic N) is 3. The van der Waals surface area contributed by atoms with Crippen molar-refractivity contribution in [3.05, 3.63) is 47.5 Å². The standard InChI is InChI=1S/C14H20N4/c1-4-18-14(9-11(2)17-18)13(15-3)10-12-5-7-16-8-6-12/h5-9,13,15H,4,10H2,1-3H3. The first-order valence-electron chi connectivity index (χ1n) is 6.35. The monoisotopic (exact) mass is 244 g/mol. The number of aromatic nitrogens is 3. The van der Waals surface area contributed by atoms with Gasteiger partial charge in [0.05, 0.1) is 17.4 Å². The van der Waals surface area contributed by atoms with E-state index in [1.165, 1.54) is 11.3 Å². The molecule has 2 aromatic rings. The van der Waals surface area contributed by atoms with Gasteiger partial charge in [-0.3, -0.25) is 9.67 Å². The summed E-state index contributed by atoms with van der Waals surface area (Å²) in [5.41, 5.74) is 3.60. The number of likely N-dealkylation sites (N-methyl/N-ethyl adjacent to an activating group) is 1. The largest absolute Gasteiger partial charge is 0.311 e. The van der Waals surface area contributed by atoms with Crippen molar-refractivity contribution in [1.82, 2.24) is 20.1 Å². The average molecular weight is 244 g/mol. The van der Waals surface area contributed by atoms with Gasteiger partial charge in [0.2, 0.25) is 0 Å². The van der Waals surface area contributed by atoms with Crippen molar-refractivity contribution in [2.75, 3.05) is 7.05 Å². The minimum absolute atomic E-state index is 0.286. The zero-order valence-electron chi connectivity index (χ0n) is 11.2. The Morgan fingerprint density at radius 2 is 2.06 bits per heavy atom. The highest BCUT2D eigenvalue weighted by Gasteiger charge is 2.15. The maximum absolute atomic E-state index is 4.50. The second-order valence-electron chi connectivity index (χ2n) is 4.43. The van der Waals surface area contributed by atoms with E-state index in [9.17, 15) is 0 Å². The van der Waals surface area contributed by atoms with Crippen molar-refractivity contribution in [2.45, 2.75) is 32.9 Å². The molecule has 0 saturated carbocycles. The Balaban J connectivity index is 2.22. The van der Waals surface area contributed by atoms with Crippen LogP contribution in [0.2, 0.25) is 0 Å². The fourth-order valence-electron chi connectivity index (χ4n) is 2.21. The number of hydrogen-bond donors (Lipinski definition) is 1.